The van der Waals surface area contributed by atoms with E-state index in [1.165, 1.54) is 25.3 Å². The Bertz CT molecular complexity index is 602. The van der Waals surface area contributed by atoms with E-state index in [-0.39, 0.29) is 5.02 Å². The molecule has 0 heterocycles. The van der Waals surface area contributed by atoms with E-state index in [1.807, 2.05) is 0 Å². The lowest BCUT2D eigenvalue weighted by molar-refractivity contribution is 0.214. The summed E-state index contributed by atoms with van der Waals surface area (Å²) >= 11 is 11.9. The van der Waals surface area contributed by atoms with Crippen LogP contribution >= 0.6 is 23.2 Å². The second-order valence-corrected chi connectivity index (χ2v) is 4.72. The maximum absolute atomic E-state index is 13.3. The molecule has 0 spiro atoms. The first-order valence-corrected chi connectivity index (χ1v) is 6.25. The van der Waals surface area contributed by atoms with Gasteiger partial charge in [0.25, 0.3) is 0 Å². The summed E-state index contributed by atoms with van der Waals surface area (Å²) < 4.78 is 18.4. The molecule has 0 aliphatic heterocycles. The van der Waals surface area contributed by atoms with E-state index in [2.05, 4.69) is 0 Å². The Kier molecular flexibility index (Phi) is 4.30. The zero-order chi connectivity index (χ0) is 14.0. The topological polar surface area (TPSA) is 29.5 Å². The lowest BCUT2D eigenvalue weighted by Crippen LogP contribution is -2.04. The van der Waals surface area contributed by atoms with Crippen LogP contribution in [0.4, 0.5) is 4.39 Å². The fourth-order valence-electron chi connectivity index (χ4n) is 1.82. The first-order valence-electron chi connectivity index (χ1n) is 5.50. The molecule has 0 amide bonds. The Morgan fingerprint density at radius 3 is 2.58 bits per heavy atom. The van der Waals surface area contributed by atoms with Crippen LogP contribution in [-0.2, 0) is 0 Å². The summed E-state index contributed by atoms with van der Waals surface area (Å²) in [7, 11) is 1.45. The Morgan fingerprint density at radius 2 is 1.89 bits per heavy atom. The highest BCUT2D eigenvalue weighted by atomic mass is 35.5. The van der Waals surface area contributed by atoms with Crippen molar-refractivity contribution >= 4 is 23.2 Å². The molecule has 1 atom stereocenters. The molecule has 0 radical (unpaired) electrons. The van der Waals surface area contributed by atoms with Gasteiger partial charge in [0.1, 0.15) is 17.7 Å². The van der Waals surface area contributed by atoms with E-state index in [9.17, 15) is 9.50 Å². The highest BCUT2D eigenvalue weighted by molar-refractivity contribution is 6.42. The van der Waals surface area contributed by atoms with Gasteiger partial charge in [0.15, 0.2) is 0 Å². The maximum Gasteiger partial charge on any atom is 0.125 e. The van der Waals surface area contributed by atoms with E-state index >= 15 is 0 Å². The smallest absolute Gasteiger partial charge is 0.125 e. The van der Waals surface area contributed by atoms with Gasteiger partial charge >= 0.3 is 0 Å². The zero-order valence-electron chi connectivity index (χ0n) is 10.0. The summed E-state index contributed by atoms with van der Waals surface area (Å²) in [6.07, 6.45) is -1.11. The average molecular weight is 301 g/mol. The van der Waals surface area contributed by atoms with Crippen molar-refractivity contribution in [3.63, 3.8) is 0 Å². The minimum Gasteiger partial charge on any atom is -0.496 e. The second-order valence-electron chi connectivity index (χ2n) is 3.93. The van der Waals surface area contributed by atoms with Gasteiger partial charge < -0.3 is 9.84 Å². The number of halogens is 3. The fraction of sp³-hybridized carbons (Fsp3) is 0.143. The van der Waals surface area contributed by atoms with Crippen LogP contribution in [0.1, 0.15) is 17.2 Å². The second kappa shape index (κ2) is 5.78. The normalized spacial score (nSPS) is 12.3. The number of benzene rings is 2. The molecule has 0 fully saturated rings. The largest absolute Gasteiger partial charge is 0.496 e. The van der Waals surface area contributed by atoms with Crippen molar-refractivity contribution in [3.05, 3.63) is 63.4 Å². The van der Waals surface area contributed by atoms with Gasteiger partial charge in [-0.25, -0.2) is 4.39 Å². The maximum atomic E-state index is 13.3. The molecule has 0 bridgehead atoms. The van der Waals surface area contributed by atoms with Crippen LogP contribution in [0, 0.1) is 5.82 Å². The number of rotatable bonds is 3. The minimum absolute atomic E-state index is 0.239. The third-order valence-corrected chi connectivity index (χ3v) is 3.60. The zero-order valence-corrected chi connectivity index (χ0v) is 11.5. The quantitative estimate of drug-likeness (QED) is 0.919. The molecular formula is C14H11Cl2FO2. The molecule has 19 heavy (non-hydrogen) atoms. The number of methoxy groups -OCH3 is 1. The molecule has 0 saturated heterocycles. The Hall–Kier alpha value is -1.29. The third kappa shape index (κ3) is 2.84. The molecule has 2 aromatic carbocycles. The van der Waals surface area contributed by atoms with Crippen LogP contribution in [0.15, 0.2) is 36.4 Å². The number of hydrogen-bond donors (Lipinski definition) is 1. The first kappa shape index (κ1) is 14.1. The van der Waals surface area contributed by atoms with Crippen LogP contribution in [-0.4, -0.2) is 12.2 Å². The SMILES string of the molecule is COc1ccc(F)cc1C(O)c1cccc(Cl)c1Cl. The van der Waals surface area contributed by atoms with Gasteiger partial charge in [-0.05, 0) is 24.3 Å². The summed E-state index contributed by atoms with van der Waals surface area (Å²) in [6, 6.07) is 8.83. The molecule has 0 aromatic heterocycles. The first-order chi connectivity index (χ1) is 9.04. The Balaban J connectivity index is 2.52. The van der Waals surface area contributed by atoms with Crippen LogP contribution in [0.2, 0.25) is 10.0 Å². The third-order valence-electron chi connectivity index (χ3n) is 2.76. The Morgan fingerprint density at radius 1 is 1.16 bits per heavy atom. The van der Waals surface area contributed by atoms with Gasteiger partial charge in [-0.2, -0.15) is 0 Å². The summed E-state index contributed by atoms with van der Waals surface area (Å²) in [5, 5.41) is 10.9. The molecule has 0 saturated carbocycles. The highest BCUT2D eigenvalue weighted by Gasteiger charge is 2.19. The number of aliphatic hydroxyl groups excluding tert-OH is 1. The van der Waals surface area contributed by atoms with E-state index in [1.54, 1.807) is 18.2 Å². The number of aliphatic hydroxyl groups is 1. The van der Waals surface area contributed by atoms with Gasteiger partial charge in [0.05, 0.1) is 17.2 Å². The van der Waals surface area contributed by atoms with Crippen molar-refractivity contribution in [1.82, 2.24) is 0 Å². The van der Waals surface area contributed by atoms with Gasteiger partial charge in [0.2, 0.25) is 0 Å². The summed E-state index contributed by atoms with van der Waals surface area (Å²) in [5.74, 6) is -0.0852. The molecule has 5 heteroatoms. The molecule has 100 valence electrons. The van der Waals surface area contributed by atoms with E-state index < -0.39 is 11.9 Å². The number of ether oxygens (including phenoxy) is 1. The molecular weight excluding hydrogens is 290 g/mol. The molecule has 0 aliphatic rings. The standard InChI is InChI=1S/C14H11Cl2FO2/c1-19-12-6-5-8(17)7-10(12)14(18)9-3-2-4-11(15)13(9)16/h2-7,14,18H,1H3. The van der Waals surface area contributed by atoms with Gasteiger partial charge in [-0.3, -0.25) is 0 Å². The van der Waals surface area contributed by atoms with Crippen molar-refractivity contribution in [2.24, 2.45) is 0 Å². The van der Waals surface area contributed by atoms with Crippen LogP contribution in [0.3, 0.4) is 0 Å². The fourth-order valence-corrected chi connectivity index (χ4v) is 2.23. The minimum atomic E-state index is -1.11. The van der Waals surface area contributed by atoms with Crippen LogP contribution in [0.25, 0.3) is 0 Å². The van der Waals surface area contributed by atoms with Crippen molar-refractivity contribution in [1.29, 1.82) is 0 Å². The molecule has 2 aromatic rings. The molecule has 1 N–H and O–H groups in total. The van der Waals surface area contributed by atoms with E-state index in [0.29, 0.717) is 21.9 Å². The van der Waals surface area contributed by atoms with Gasteiger partial charge in [0, 0.05) is 11.1 Å². The molecule has 2 rings (SSSR count). The molecule has 0 aliphatic carbocycles. The monoisotopic (exact) mass is 300 g/mol. The highest BCUT2D eigenvalue weighted by Crippen LogP contribution is 2.36. The van der Waals surface area contributed by atoms with Crippen LogP contribution in [0.5, 0.6) is 5.75 Å². The summed E-state index contributed by atoms with van der Waals surface area (Å²) in [6.45, 7) is 0. The molecule has 1 unspecified atom stereocenters. The van der Waals surface area contributed by atoms with E-state index in [4.69, 9.17) is 27.9 Å². The summed E-state index contributed by atoms with van der Waals surface area (Å²) in [4.78, 5) is 0. The Labute approximate surface area is 120 Å². The average Bonchev–Trinajstić information content (AvgIpc) is 2.41. The van der Waals surface area contributed by atoms with Crippen molar-refractivity contribution in [2.45, 2.75) is 6.10 Å². The predicted molar refractivity (Wildman–Crippen MR) is 73.5 cm³/mol. The lowest BCUT2D eigenvalue weighted by atomic mass is 10.0. The van der Waals surface area contributed by atoms with E-state index in [0.717, 1.165) is 0 Å². The lowest BCUT2D eigenvalue weighted by Gasteiger charge is -2.16. The summed E-state index contributed by atoms with van der Waals surface area (Å²) in [5.41, 5.74) is 0.699. The van der Waals surface area contributed by atoms with Crippen molar-refractivity contribution < 1.29 is 14.2 Å². The number of hydrogen-bond acceptors (Lipinski definition) is 2. The molecule has 2 nitrogen and oxygen atoms in total. The van der Waals surface area contributed by atoms with Gasteiger partial charge in [-0.1, -0.05) is 35.3 Å². The van der Waals surface area contributed by atoms with Gasteiger partial charge in [-0.15, -0.1) is 0 Å². The predicted octanol–water partition coefficient (Wildman–Crippen LogP) is 4.22. The van der Waals surface area contributed by atoms with Crippen LogP contribution < -0.4 is 4.74 Å². The van der Waals surface area contributed by atoms with Crippen molar-refractivity contribution in [2.75, 3.05) is 7.11 Å². The van der Waals surface area contributed by atoms with Crippen molar-refractivity contribution in [3.8, 4) is 5.75 Å².